The molecule has 2 rings (SSSR count). The maximum atomic E-state index is 8.12. The highest BCUT2D eigenvalue weighted by Gasteiger charge is 2.05. The zero-order valence-electron chi connectivity index (χ0n) is 11.5. The number of aromatic nitrogens is 3. The van der Waals surface area contributed by atoms with Gasteiger partial charge < -0.3 is 4.74 Å². The summed E-state index contributed by atoms with van der Waals surface area (Å²) in [4.78, 5) is 16.2. The topological polar surface area (TPSA) is 84.9 Å². The quantitative estimate of drug-likeness (QED) is 0.906. The van der Waals surface area contributed by atoms with Crippen LogP contribution >= 0.6 is 0 Å². The van der Waals surface area contributed by atoms with Gasteiger partial charge in [-0.05, 0) is 30.0 Å². The van der Waals surface area contributed by atoms with Crippen molar-refractivity contribution in [1.29, 1.82) is 0 Å². The summed E-state index contributed by atoms with van der Waals surface area (Å²) in [6.07, 6.45) is 4.22. The van der Waals surface area contributed by atoms with E-state index < -0.39 is 0 Å². The minimum atomic E-state index is 0.250. The van der Waals surface area contributed by atoms with Crippen LogP contribution in [0, 0.1) is 0 Å². The van der Waals surface area contributed by atoms with E-state index >= 15 is 0 Å². The molecule has 1 heterocycles. The Balaban J connectivity index is 0.000000612. The Kier molecular flexibility index (Phi) is 6.71. The Labute approximate surface area is 117 Å². The molecule has 2 aromatic rings. The number of carbonyl (C=O) groups excluding carboxylic acids is 2. The largest absolute Gasteiger partial charge is 0.436 e. The van der Waals surface area contributed by atoms with Crippen LogP contribution in [0.25, 0.3) is 0 Å². The first-order valence-corrected chi connectivity index (χ1v) is 6.34. The lowest BCUT2D eigenvalue weighted by molar-refractivity contribution is -0.191. The van der Waals surface area contributed by atoms with E-state index in [0.717, 1.165) is 5.75 Å². The molecule has 1 aromatic heterocycles. The maximum absolute atomic E-state index is 8.12. The fraction of sp³-hybridized carbons (Fsp3) is 0.357. The molecular weight excluding hydrogens is 258 g/mol. The molecule has 0 aliphatic carbocycles. The lowest BCUT2D eigenvalue weighted by Gasteiger charge is -2.10. The van der Waals surface area contributed by atoms with E-state index in [1.165, 1.54) is 18.4 Å². The van der Waals surface area contributed by atoms with Crippen LogP contribution in [-0.4, -0.2) is 21.6 Å². The Morgan fingerprint density at radius 2 is 1.95 bits per heavy atom. The normalized spacial score (nSPS) is 10.9. The summed E-state index contributed by atoms with van der Waals surface area (Å²) in [5.41, 5.74) is 1.35. The van der Waals surface area contributed by atoms with Crippen molar-refractivity contribution in [3.05, 3.63) is 36.0 Å². The van der Waals surface area contributed by atoms with Gasteiger partial charge in [-0.3, -0.25) is 0 Å². The predicted molar refractivity (Wildman–Crippen MR) is 71.2 cm³/mol. The zero-order chi connectivity index (χ0) is 14.8. The van der Waals surface area contributed by atoms with Gasteiger partial charge >= 0.3 is 6.15 Å². The van der Waals surface area contributed by atoms with E-state index in [1.807, 2.05) is 12.1 Å². The van der Waals surface area contributed by atoms with Gasteiger partial charge in [-0.1, -0.05) is 32.4 Å². The number of nitrogens with zero attached hydrogens (tertiary/aromatic N) is 2. The average molecular weight is 275 g/mol. The van der Waals surface area contributed by atoms with Crippen LogP contribution in [0.15, 0.2) is 30.5 Å². The number of benzene rings is 1. The van der Waals surface area contributed by atoms with Crippen molar-refractivity contribution in [1.82, 2.24) is 15.4 Å². The van der Waals surface area contributed by atoms with Gasteiger partial charge in [0.2, 0.25) is 0 Å². The molecule has 0 aliphatic rings. The molecule has 1 atom stereocenters. The van der Waals surface area contributed by atoms with Gasteiger partial charge in [-0.25, -0.2) is 0 Å². The monoisotopic (exact) mass is 275 g/mol. The van der Waals surface area contributed by atoms with Gasteiger partial charge in [0.25, 0.3) is 5.88 Å². The molecule has 0 saturated heterocycles. The number of rotatable bonds is 5. The Bertz CT molecular complexity index is 517. The summed E-state index contributed by atoms with van der Waals surface area (Å²) in [6.45, 7) is 4.45. The number of nitrogens with one attached hydrogen (secondary N) is 1. The van der Waals surface area contributed by atoms with Crippen LogP contribution in [0.4, 0.5) is 0 Å². The summed E-state index contributed by atoms with van der Waals surface area (Å²) in [7, 11) is 0. The minimum absolute atomic E-state index is 0.250. The van der Waals surface area contributed by atoms with Crippen molar-refractivity contribution in [2.24, 2.45) is 0 Å². The van der Waals surface area contributed by atoms with Gasteiger partial charge in [0, 0.05) is 0 Å². The molecule has 20 heavy (non-hydrogen) atoms. The highest BCUT2D eigenvalue weighted by Crippen LogP contribution is 2.24. The Morgan fingerprint density at radius 3 is 2.45 bits per heavy atom. The Hall–Kier alpha value is -2.46. The van der Waals surface area contributed by atoms with Gasteiger partial charge in [0.15, 0.2) is 0 Å². The van der Waals surface area contributed by atoms with Crippen LogP contribution in [0.3, 0.4) is 0 Å². The molecule has 1 N–H and O–H groups in total. The summed E-state index contributed by atoms with van der Waals surface area (Å²) in [5.74, 6) is 1.87. The number of aromatic amines is 1. The summed E-state index contributed by atoms with van der Waals surface area (Å²) in [5, 5.41) is 10.0. The lowest BCUT2D eigenvalue weighted by atomic mass is 9.97. The predicted octanol–water partition coefficient (Wildman–Crippen LogP) is 2.92. The minimum Gasteiger partial charge on any atom is -0.436 e. The molecule has 0 spiro atoms. The number of hydrogen-bond donors (Lipinski definition) is 1. The molecular formula is C14H17N3O3. The van der Waals surface area contributed by atoms with E-state index in [-0.39, 0.29) is 6.15 Å². The average Bonchev–Trinajstić information content (AvgIpc) is 2.94. The van der Waals surface area contributed by atoms with E-state index in [9.17, 15) is 0 Å². The van der Waals surface area contributed by atoms with E-state index in [2.05, 4.69) is 41.4 Å². The Morgan fingerprint density at radius 1 is 1.30 bits per heavy atom. The van der Waals surface area contributed by atoms with Crippen molar-refractivity contribution < 1.29 is 14.3 Å². The molecule has 1 aromatic carbocycles. The van der Waals surface area contributed by atoms with E-state index in [1.54, 1.807) is 6.20 Å². The standard InChI is InChI=1S/C13H17N3O.CO2/c1-3-4-10(2)11-5-7-12(8-6-11)17-13-9-14-16-15-13;2-1-3/h5-10H,3-4H2,1-2H3,(H,14,15,16);. The second kappa shape index (κ2) is 8.61. The first-order valence-electron chi connectivity index (χ1n) is 6.34. The number of ether oxygens (including phenoxy) is 1. The molecule has 0 fully saturated rings. The third-order valence-electron chi connectivity index (χ3n) is 2.79. The second-order valence-corrected chi connectivity index (χ2v) is 4.25. The fourth-order valence-corrected chi connectivity index (χ4v) is 1.83. The molecule has 106 valence electrons. The highest BCUT2D eigenvalue weighted by molar-refractivity contribution is 5.31. The summed E-state index contributed by atoms with van der Waals surface area (Å²) in [6, 6.07) is 8.15. The molecule has 6 nitrogen and oxygen atoms in total. The molecule has 0 radical (unpaired) electrons. The summed E-state index contributed by atoms with van der Waals surface area (Å²) < 4.78 is 5.51. The smallest absolute Gasteiger partial charge is 0.373 e. The fourth-order valence-electron chi connectivity index (χ4n) is 1.83. The van der Waals surface area contributed by atoms with Crippen LogP contribution in [0.2, 0.25) is 0 Å². The van der Waals surface area contributed by atoms with Crippen molar-refractivity contribution in [2.75, 3.05) is 0 Å². The van der Waals surface area contributed by atoms with E-state index in [4.69, 9.17) is 14.3 Å². The van der Waals surface area contributed by atoms with E-state index in [0.29, 0.717) is 11.8 Å². The zero-order valence-corrected chi connectivity index (χ0v) is 11.5. The maximum Gasteiger partial charge on any atom is 0.373 e. The molecule has 0 amide bonds. The van der Waals surface area contributed by atoms with Crippen molar-refractivity contribution in [3.8, 4) is 11.6 Å². The van der Waals surface area contributed by atoms with Crippen LogP contribution in [0.1, 0.15) is 38.2 Å². The van der Waals surface area contributed by atoms with Crippen LogP contribution in [-0.2, 0) is 9.59 Å². The van der Waals surface area contributed by atoms with Gasteiger partial charge in [-0.2, -0.15) is 19.9 Å². The SMILES string of the molecule is CCCC(C)c1ccc(Oc2cn[nH]n2)cc1.O=C=O. The first-order chi connectivity index (χ1) is 9.71. The van der Waals surface area contributed by atoms with Gasteiger partial charge in [0.05, 0.1) is 0 Å². The first kappa shape index (κ1) is 15.6. The number of hydrogen-bond acceptors (Lipinski definition) is 5. The molecule has 1 unspecified atom stereocenters. The molecule has 0 aliphatic heterocycles. The van der Waals surface area contributed by atoms with Crippen LogP contribution < -0.4 is 4.74 Å². The third-order valence-corrected chi connectivity index (χ3v) is 2.79. The van der Waals surface area contributed by atoms with Crippen molar-refractivity contribution in [2.45, 2.75) is 32.6 Å². The molecule has 0 bridgehead atoms. The van der Waals surface area contributed by atoms with Crippen molar-refractivity contribution in [3.63, 3.8) is 0 Å². The lowest BCUT2D eigenvalue weighted by Crippen LogP contribution is -1.92. The molecule has 0 saturated carbocycles. The molecule has 6 heteroatoms. The summed E-state index contributed by atoms with van der Waals surface area (Å²) >= 11 is 0. The third kappa shape index (κ3) is 5.04. The van der Waals surface area contributed by atoms with Crippen LogP contribution in [0.5, 0.6) is 11.6 Å². The number of H-pyrrole nitrogens is 1. The van der Waals surface area contributed by atoms with Crippen molar-refractivity contribution >= 4 is 6.15 Å². The van der Waals surface area contributed by atoms with Gasteiger partial charge in [-0.15, -0.1) is 5.10 Å². The second-order valence-electron chi connectivity index (χ2n) is 4.25. The highest BCUT2D eigenvalue weighted by atomic mass is 16.5. The van der Waals surface area contributed by atoms with Gasteiger partial charge in [0.1, 0.15) is 11.9 Å².